The van der Waals surface area contributed by atoms with Crippen LogP contribution in [0.15, 0.2) is 17.0 Å². The van der Waals surface area contributed by atoms with Gasteiger partial charge in [0.25, 0.3) is 6.43 Å². The number of aromatic nitrogens is 4. The van der Waals surface area contributed by atoms with Gasteiger partial charge in [-0.2, -0.15) is 0 Å². The Morgan fingerprint density at radius 1 is 1.20 bits per heavy atom. The molecule has 5 rings (SSSR count). The number of rotatable bonds is 6. The first-order chi connectivity index (χ1) is 16.3. The zero-order valence-corrected chi connectivity index (χ0v) is 21.3. The number of aliphatic hydroxyl groups excluding tert-OH is 1. The molecule has 1 unspecified atom stereocenters. The molecule has 0 spiro atoms. The van der Waals surface area contributed by atoms with Crippen LogP contribution in [-0.4, -0.2) is 57.4 Å². The molecule has 1 aliphatic heterocycles. The molecule has 0 bridgehead atoms. The van der Waals surface area contributed by atoms with Crippen molar-refractivity contribution in [1.29, 1.82) is 0 Å². The summed E-state index contributed by atoms with van der Waals surface area (Å²) in [6, 6.07) is 3.03. The average molecular weight is 525 g/mol. The molecular formula is C22H26F2N6O3S2. The first-order valence-corrected chi connectivity index (χ1v) is 13.5. The predicted octanol–water partition coefficient (Wildman–Crippen LogP) is 3.57. The van der Waals surface area contributed by atoms with Gasteiger partial charge in [0.1, 0.15) is 11.5 Å². The zero-order valence-electron chi connectivity index (χ0n) is 19.7. The second kappa shape index (κ2) is 8.08. The van der Waals surface area contributed by atoms with Crippen LogP contribution in [0.1, 0.15) is 57.3 Å². The normalized spacial score (nSPS) is 21.3. The van der Waals surface area contributed by atoms with E-state index in [2.05, 4.69) is 24.9 Å². The molecule has 1 aromatic carbocycles. The van der Waals surface area contributed by atoms with Crippen LogP contribution in [-0.2, 0) is 10.0 Å². The number of β-amino-alcohol motifs (C(OH)–C–C–N with tert-alkyl or cyclic N) is 1. The largest absolute Gasteiger partial charge is 0.391 e. The van der Waals surface area contributed by atoms with E-state index in [1.165, 1.54) is 6.07 Å². The molecule has 188 valence electrons. The molecular weight excluding hydrogens is 498 g/mol. The number of nitrogens with zero attached hydrogens (tertiary/aromatic N) is 5. The highest BCUT2D eigenvalue weighted by Gasteiger charge is 2.43. The Kier molecular flexibility index (Phi) is 5.62. The second-order valence-corrected chi connectivity index (χ2v) is 12.8. The number of aliphatic hydroxyl groups is 1. The Morgan fingerprint density at radius 3 is 2.49 bits per heavy atom. The van der Waals surface area contributed by atoms with Gasteiger partial charge in [0, 0.05) is 23.0 Å². The Hall–Kier alpha value is -2.35. The summed E-state index contributed by atoms with van der Waals surface area (Å²) in [4.78, 5) is 11.0. The van der Waals surface area contributed by atoms with Crippen molar-refractivity contribution in [2.45, 2.75) is 75.5 Å². The quantitative estimate of drug-likeness (QED) is 0.502. The van der Waals surface area contributed by atoms with Crippen LogP contribution in [0, 0.1) is 6.92 Å². The summed E-state index contributed by atoms with van der Waals surface area (Å²) < 4.78 is 56.0. The van der Waals surface area contributed by atoms with Crippen molar-refractivity contribution in [1.82, 2.24) is 24.9 Å². The van der Waals surface area contributed by atoms with Crippen LogP contribution in [0.25, 0.3) is 21.6 Å². The average Bonchev–Trinajstić information content (AvgIpc) is 3.16. The fourth-order valence-corrected chi connectivity index (χ4v) is 6.76. The third kappa shape index (κ3) is 4.50. The lowest BCUT2D eigenvalue weighted by Gasteiger charge is -2.34. The van der Waals surface area contributed by atoms with Crippen molar-refractivity contribution < 1.29 is 22.3 Å². The van der Waals surface area contributed by atoms with Crippen molar-refractivity contribution in [3.8, 4) is 10.7 Å². The molecule has 2 fully saturated rings. The van der Waals surface area contributed by atoms with Gasteiger partial charge in [-0.05, 0) is 59.1 Å². The van der Waals surface area contributed by atoms with Crippen LogP contribution >= 0.6 is 11.3 Å². The number of fused-ring (bicyclic) bond motifs is 1. The fourth-order valence-electron chi connectivity index (χ4n) is 4.55. The van der Waals surface area contributed by atoms with Gasteiger partial charge >= 0.3 is 0 Å². The van der Waals surface area contributed by atoms with Crippen LogP contribution in [0.2, 0.25) is 0 Å². The van der Waals surface area contributed by atoms with E-state index >= 15 is 0 Å². The Balaban J connectivity index is 1.78. The minimum atomic E-state index is -3.91. The summed E-state index contributed by atoms with van der Waals surface area (Å²) in [6.45, 7) is 7.75. The maximum absolute atomic E-state index is 13.4. The van der Waals surface area contributed by atoms with Crippen LogP contribution in [0.3, 0.4) is 0 Å². The number of benzene rings is 1. The molecule has 1 saturated heterocycles. The molecule has 35 heavy (non-hydrogen) atoms. The van der Waals surface area contributed by atoms with Crippen molar-refractivity contribution in [2.75, 3.05) is 11.4 Å². The Bertz CT molecular complexity index is 1420. The molecule has 3 aromatic rings. The van der Waals surface area contributed by atoms with E-state index in [4.69, 9.17) is 0 Å². The van der Waals surface area contributed by atoms with Crippen LogP contribution in [0.4, 0.5) is 14.5 Å². The molecule has 1 saturated carbocycles. The van der Waals surface area contributed by atoms with Gasteiger partial charge in [-0.3, -0.25) is 0 Å². The number of alkyl halides is 2. The summed E-state index contributed by atoms with van der Waals surface area (Å²) in [5.41, 5.74) is 0.255. The second-order valence-electron chi connectivity index (χ2n) is 10.2. The van der Waals surface area contributed by atoms with E-state index in [0.29, 0.717) is 46.7 Å². The highest BCUT2D eigenvalue weighted by Crippen LogP contribution is 2.42. The highest BCUT2D eigenvalue weighted by atomic mass is 32.2. The van der Waals surface area contributed by atoms with Gasteiger partial charge in [0.15, 0.2) is 10.0 Å². The van der Waals surface area contributed by atoms with Gasteiger partial charge in [-0.15, -0.1) is 10.2 Å². The fraction of sp³-hybridized carbons (Fsp3) is 0.545. The summed E-state index contributed by atoms with van der Waals surface area (Å²) in [6.07, 6.45) is -1.40. The van der Waals surface area contributed by atoms with E-state index in [-0.39, 0.29) is 15.6 Å². The smallest absolute Gasteiger partial charge is 0.291 e. The third-order valence-corrected chi connectivity index (χ3v) is 9.09. The van der Waals surface area contributed by atoms with Crippen molar-refractivity contribution in [2.24, 2.45) is 0 Å². The molecule has 0 amide bonds. The van der Waals surface area contributed by atoms with Gasteiger partial charge in [0.2, 0.25) is 10.0 Å². The minimum absolute atomic E-state index is 0.0117. The number of aryl methyl sites for hydroxylation is 1. The number of nitrogens with one attached hydrogen (secondary N) is 1. The zero-order chi connectivity index (χ0) is 25.3. The van der Waals surface area contributed by atoms with E-state index < -0.39 is 38.6 Å². The predicted molar refractivity (Wildman–Crippen MR) is 128 cm³/mol. The van der Waals surface area contributed by atoms with E-state index in [0.717, 1.165) is 12.8 Å². The van der Waals surface area contributed by atoms with Crippen molar-refractivity contribution >= 4 is 38.0 Å². The van der Waals surface area contributed by atoms with Crippen LogP contribution < -0.4 is 9.62 Å². The molecule has 13 heteroatoms. The lowest BCUT2D eigenvalue weighted by Crippen LogP contribution is -2.39. The number of sulfonamides is 1. The van der Waals surface area contributed by atoms with Crippen molar-refractivity contribution in [3.05, 3.63) is 23.0 Å². The molecule has 3 heterocycles. The van der Waals surface area contributed by atoms with Gasteiger partial charge in [0.05, 0.1) is 22.2 Å². The highest BCUT2D eigenvalue weighted by molar-refractivity contribution is 7.89. The maximum Gasteiger partial charge on any atom is 0.291 e. The number of hydrogen-bond acceptors (Lipinski definition) is 9. The molecule has 2 N–H and O–H groups in total. The number of halogens is 2. The number of anilines is 1. The van der Waals surface area contributed by atoms with Crippen molar-refractivity contribution in [3.63, 3.8) is 0 Å². The maximum atomic E-state index is 13.4. The molecule has 2 aliphatic rings. The number of hydrogen-bond donors (Lipinski definition) is 2. The third-order valence-electron chi connectivity index (χ3n) is 6.54. The van der Waals surface area contributed by atoms with Gasteiger partial charge < -0.3 is 10.0 Å². The lowest BCUT2D eigenvalue weighted by atomic mass is 10.00. The SMILES string of the molecule is Cc1nc(-c2nnc(C(F)F)s2)c2cc(S(=O)(=O)NC3(C)CC3)cc(N3CC(O)CC3(C)C)c2n1. The van der Waals surface area contributed by atoms with Gasteiger partial charge in [-0.25, -0.2) is 31.9 Å². The Morgan fingerprint density at radius 2 is 1.91 bits per heavy atom. The van der Waals surface area contributed by atoms with Gasteiger partial charge in [-0.1, -0.05) is 11.3 Å². The molecule has 9 nitrogen and oxygen atoms in total. The summed E-state index contributed by atoms with van der Waals surface area (Å²) >= 11 is 0.708. The first-order valence-electron chi connectivity index (χ1n) is 11.2. The molecule has 1 atom stereocenters. The molecule has 2 aromatic heterocycles. The van der Waals surface area contributed by atoms with Crippen LogP contribution in [0.5, 0.6) is 0 Å². The van der Waals surface area contributed by atoms with E-state index in [1.54, 1.807) is 13.0 Å². The monoisotopic (exact) mass is 524 g/mol. The lowest BCUT2D eigenvalue weighted by molar-refractivity contribution is 0.150. The molecule has 1 aliphatic carbocycles. The Labute approximate surface area is 205 Å². The van der Waals surface area contributed by atoms with E-state index in [9.17, 15) is 22.3 Å². The summed E-state index contributed by atoms with van der Waals surface area (Å²) in [5.74, 6) is 0.374. The topological polar surface area (TPSA) is 121 Å². The molecule has 0 radical (unpaired) electrons. The van der Waals surface area contributed by atoms with E-state index in [1.807, 2.05) is 25.7 Å². The summed E-state index contributed by atoms with van der Waals surface area (Å²) in [7, 11) is -3.91. The minimum Gasteiger partial charge on any atom is -0.391 e. The first kappa shape index (κ1) is 24.3. The summed E-state index contributed by atoms with van der Waals surface area (Å²) in [5, 5.41) is 18.0. The standard InChI is InChI=1S/C22H26F2N6O3S2/c1-11-25-16-14(17(26-11)19-27-28-20(34-19)18(23)24)7-13(35(32,33)29-22(4)5-6-22)8-15(16)30-10-12(31)9-21(30,2)3/h7-8,12,18,29,31H,5-6,9-10H2,1-4H3.